The molecule has 0 aliphatic rings. The van der Waals surface area contributed by atoms with Gasteiger partial charge < -0.3 is 4.74 Å². The molecule has 0 spiro atoms. The van der Waals surface area contributed by atoms with Crippen LogP contribution in [-0.2, 0) is 14.9 Å². The molecule has 160 valence electrons. The Labute approximate surface area is 183 Å². The van der Waals surface area contributed by atoms with Crippen LogP contribution in [0.4, 0.5) is 0 Å². The van der Waals surface area contributed by atoms with Gasteiger partial charge in [0.1, 0.15) is 5.92 Å². The van der Waals surface area contributed by atoms with Gasteiger partial charge in [0.15, 0.2) is 0 Å². The van der Waals surface area contributed by atoms with Gasteiger partial charge in [-0.3, -0.25) is 4.79 Å². The lowest BCUT2D eigenvalue weighted by Crippen LogP contribution is -2.27. The van der Waals surface area contributed by atoms with E-state index in [2.05, 4.69) is 26.8 Å². The summed E-state index contributed by atoms with van der Waals surface area (Å²) < 4.78 is 5.38. The van der Waals surface area contributed by atoms with E-state index in [0.29, 0.717) is 11.5 Å². The molecule has 0 radical (unpaired) electrons. The van der Waals surface area contributed by atoms with Crippen LogP contribution in [0, 0.1) is 6.92 Å². The minimum atomic E-state index is -0.577. The molecular weight excluding hydrogens is 376 g/mol. The van der Waals surface area contributed by atoms with Crippen molar-refractivity contribution in [3.05, 3.63) is 70.8 Å². The predicted molar refractivity (Wildman–Crippen MR) is 130 cm³/mol. The van der Waals surface area contributed by atoms with Gasteiger partial charge in [0, 0.05) is 4.86 Å². The van der Waals surface area contributed by atoms with E-state index in [1.54, 1.807) is 0 Å². The monoisotopic (exact) mass is 414 g/mol. The van der Waals surface area contributed by atoms with E-state index in [1.807, 2.05) is 84.0 Å². The molecule has 0 amide bonds. The van der Waals surface area contributed by atoms with Gasteiger partial charge in [-0.15, -0.1) is 0 Å². The van der Waals surface area contributed by atoms with Crippen molar-refractivity contribution in [2.24, 2.45) is 0 Å². The van der Waals surface area contributed by atoms with E-state index >= 15 is 0 Å². The van der Waals surface area contributed by atoms with Crippen molar-refractivity contribution < 1.29 is 9.53 Å². The second-order valence-electron chi connectivity index (χ2n) is 7.20. The summed E-state index contributed by atoms with van der Waals surface area (Å²) in [4.78, 5) is 13.5. The highest BCUT2D eigenvalue weighted by Crippen LogP contribution is 2.34. The second-order valence-corrected chi connectivity index (χ2v) is 7.64. The Kier molecular flexibility index (Phi) is 12.4. The van der Waals surface area contributed by atoms with Crippen molar-refractivity contribution in [2.75, 3.05) is 6.61 Å². The normalized spacial score (nSPS) is 11.2. The van der Waals surface area contributed by atoms with Crippen molar-refractivity contribution in [1.29, 1.82) is 0 Å². The van der Waals surface area contributed by atoms with Gasteiger partial charge in [0.25, 0.3) is 0 Å². The number of rotatable bonds is 5. The lowest BCUT2D eigenvalue weighted by molar-refractivity contribution is -0.143. The Morgan fingerprint density at radius 1 is 0.966 bits per heavy atom. The topological polar surface area (TPSA) is 26.3 Å². The van der Waals surface area contributed by atoms with Crippen LogP contribution in [0.1, 0.15) is 83.6 Å². The molecule has 1 atom stereocenters. The average Bonchev–Trinajstić information content (AvgIpc) is 2.71. The molecule has 2 aromatic carbocycles. The summed E-state index contributed by atoms with van der Waals surface area (Å²) in [5.41, 5.74) is 3.95. The molecule has 0 bridgehead atoms. The largest absolute Gasteiger partial charge is 0.465 e. The molecule has 0 heterocycles. The van der Waals surface area contributed by atoms with E-state index in [0.717, 1.165) is 22.3 Å². The zero-order valence-corrected chi connectivity index (χ0v) is 20.4. The SMILES string of the molecule is CC.CC.CCOC(=O)C(C(=S)c1ccccc1C)c1ccccc1C(C)(C)C. The van der Waals surface area contributed by atoms with Gasteiger partial charge in [0.05, 0.1) is 6.61 Å². The Balaban J connectivity index is 0.00000184. The standard InChI is InChI=1S/C22H26O2S.2C2H6/c1-6-24-21(23)19(20(25)16-12-8-7-11-15(16)2)17-13-9-10-14-18(17)22(3,4)5;2*1-2/h7-14,19H,6H2,1-5H3;2*1-2H3. The molecule has 2 nitrogen and oxygen atoms in total. The molecule has 0 aliphatic heterocycles. The Morgan fingerprint density at radius 2 is 1.48 bits per heavy atom. The minimum Gasteiger partial charge on any atom is -0.465 e. The number of hydrogen-bond donors (Lipinski definition) is 0. The molecule has 0 fully saturated rings. The van der Waals surface area contributed by atoms with Crippen molar-refractivity contribution in [3.63, 3.8) is 0 Å². The van der Waals surface area contributed by atoms with Gasteiger partial charge in [-0.1, -0.05) is 109 Å². The van der Waals surface area contributed by atoms with Crippen LogP contribution in [0.3, 0.4) is 0 Å². The fraction of sp³-hybridized carbons (Fsp3) is 0.462. The highest BCUT2D eigenvalue weighted by Gasteiger charge is 2.32. The zero-order chi connectivity index (χ0) is 22.6. The van der Waals surface area contributed by atoms with Crippen molar-refractivity contribution in [2.45, 2.75) is 73.6 Å². The Hall–Kier alpha value is -2.00. The second kappa shape index (κ2) is 13.3. The summed E-state index contributed by atoms with van der Waals surface area (Å²) in [7, 11) is 0. The van der Waals surface area contributed by atoms with E-state index in [9.17, 15) is 4.79 Å². The van der Waals surface area contributed by atoms with E-state index in [4.69, 9.17) is 17.0 Å². The maximum absolute atomic E-state index is 12.8. The summed E-state index contributed by atoms with van der Waals surface area (Å²) >= 11 is 5.78. The quantitative estimate of drug-likeness (QED) is 0.289. The molecule has 0 saturated carbocycles. The molecule has 0 saturated heterocycles. The van der Waals surface area contributed by atoms with Crippen molar-refractivity contribution in [3.8, 4) is 0 Å². The van der Waals surface area contributed by atoms with E-state index < -0.39 is 5.92 Å². The maximum atomic E-state index is 12.8. The summed E-state index contributed by atoms with van der Waals surface area (Å²) in [5, 5.41) is 0. The van der Waals surface area contributed by atoms with Gasteiger partial charge in [-0.25, -0.2) is 0 Å². The molecule has 0 aliphatic carbocycles. The predicted octanol–water partition coefficient (Wildman–Crippen LogP) is 7.41. The van der Waals surface area contributed by atoms with Crippen LogP contribution >= 0.6 is 12.2 Å². The van der Waals surface area contributed by atoms with Crippen molar-refractivity contribution >= 4 is 23.1 Å². The molecule has 1 unspecified atom stereocenters. The molecule has 0 N–H and O–H groups in total. The summed E-state index contributed by atoms with van der Waals surface area (Å²) in [6.07, 6.45) is 0. The number of aryl methyl sites for hydroxylation is 1. The number of hydrogen-bond acceptors (Lipinski definition) is 3. The van der Waals surface area contributed by atoms with Gasteiger partial charge >= 0.3 is 5.97 Å². The van der Waals surface area contributed by atoms with Crippen LogP contribution in [0.25, 0.3) is 0 Å². The summed E-state index contributed by atoms with van der Waals surface area (Å²) in [6, 6.07) is 15.9. The van der Waals surface area contributed by atoms with E-state index in [1.165, 1.54) is 0 Å². The van der Waals surface area contributed by atoms with Gasteiger partial charge in [-0.2, -0.15) is 0 Å². The lowest BCUT2D eigenvalue weighted by atomic mass is 9.78. The molecule has 29 heavy (non-hydrogen) atoms. The van der Waals surface area contributed by atoms with Gasteiger partial charge in [0.2, 0.25) is 0 Å². The average molecular weight is 415 g/mol. The highest BCUT2D eigenvalue weighted by atomic mass is 32.1. The van der Waals surface area contributed by atoms with Crippen molar-refractivity contribution in [1.82, 2.24) is 0 Å². The van der Waals surface area contributed by atoms with Crippen LogP contribution in [0.15, 0.2) is 48.5 Å². The molecule has 0 aromatic heterocycles. The van der Waals surface area contributed by atoms with Crippen LogP contribution in [0.5, 0.6) is 0 Å². The number of ether oxygens (including phenoxy) is 1. The highest BCUT2D eigenvalue weighted by molar-refractivity contribution is 7.81. The molecule has 2 rings (SSSR count). The van der Waals surface area contributed by atoms with E-state index in [-0.39, 0.29) is 11.4 Å². The van der Waals surface area contributed by atoms with Crippen LogP contribution < -0.4 is 0 Å². The molecule has 2 aromatic rings. The minimum absolute atomic E-state index is 0.0946. The third kappa shape index (κ3) is 7.40. The number of benzene rings is 2. The number of carbonyl (C=O) groups excluding carboxylic acids is 1. The molecular formula is C26H38O2S. The number of esters is 1. The first-order chi connectivity index (χ1) is 13.8. The third-order valence-electron chi connectivity index (χ3n) is 4.27. The summed E-state index contributed by atoms with van der Waals surface area (Å²) in [6.45, 7) is 18.6. The maximum Gasteiger partial charge on any atom is 0.318 e. The summed E-state index contributed by atoms with van der Waals surface area (Å²) in [5.74, 6) is -0.862. The first kappa shape index (κ1) is 27.0. The fourth-order valence-corrected chi connectivity index (χ4v) is 3.49. The fourth-order valence-electron chi connectivity index (χ4n) is 3.04. The Bertz CT molecular complexity index is 772. The number of carbonyl (C=O) groups is 1. The Morgan fingerprint density at radius 3 is 2.00 bits per heavy atom. The third-order valence-corrected chi connectivity index (χ3v) is 4.73. The first-order valence-corrected chi connectivity index (χ1v) is 11.0. The van der Waals surface area contributed by atoms with Gasteiger partial charge in [-0.05, 0) is 41.5 Å². The van der Waals surface area contributed by atoms with Crippen LogP contribution in [-0.4, -0.2) is 17.4 Å². The first-order valence-electron chi connectivity index (χ1n) is 10.6. The smallest absolute Gasteiger partial charge is 0.318 e. The van der Waals surface area contributed by atoms with Crippen LogP contribution in [0.2, 0.25) is 0 Å². The number of thiocarbonyl (C=S) groups is 1. The molecule has 3 heteroatoms. The lowest BCUT2D eigenvalue weighted by Gasteiger charge is -2.27. The zero-order valence-electron chi connectivity index (χ0n) is 19.6.